The van der Waals surface area contributed by atoms with Gasteiger partial charge in [-0.05, 0) is 56.0 Å². The summed E-state index contributed by atoms with van der Waals surface area (Å²) in [6.07, 6.45) is 3.00. The first-order valence-electron chi connectivity index (χ1n) is 8.05. The molecule has 0 N–H and O–H groups in total. The van der Waals surface area contributed by atoms with E-state index in [0.29, 0.717) is 5.92 Å². The standard InChI is InChI=1S/C20H23ClN2/c1-14-12-20(2,3)23(4)19-11-18(21)15(10-17(14)19)13-22-16-8-6-5-7-9-16/h5-11,13-14H,12H2,1-4H3/t14-/m1/s1. The number of fused-ring (bicyclic) bond motifs is 1. The van der Waals surface area contributed by atoms with Gasteiger partial charge in [0, 0.05) is 30.1 Å². The molecule has 1 heterocycles. The van der Waals surface area contributed by atoms with Crippen LogP contribution in [0.3, 0.4) is 0 Å². The Morgan fingerprint density at radius 1 is 1.22 bits per heavy atom. The molecule has 2 aromatic carbocycles. The molecule has 3 rings (SSSR count). The van der Waals surface area contributed by atoms with Crippen molar-refractivity contribution >= 4 is 29.2 Å². The molecule has 0 aromatic heterocycles. The van der Waals surface area contributed by atoms with Gasteiger partial charge >= 0.3 is 0 Å². The first kappa shape index (κ1) is 16.1. The van der Waals surface area contributed by atoms with Gasteiger partial charge < -0.3 is 4.90 Å². The van der Waals surface area contributed by atoms with Crippen LogP contribution in [0, 0.1) is 0 Å². The van der Waals surface area contributed by atoms with E-state index in [0.717, 1.165) is 22.7 Å². The van der Waals surface area contributed by atoms with Crippen molar-refractivity contribution in [1.29, 1.82) is 0 Å². The lowest BCUT2D eigenvalue weighted by molar-refractivity contribution is 0.395. The van der Waals surface area contributed by atoms with Gasteiger partial charge in [0.1, 0.15) is 0 Å². The zero-order chi connectivity index (χ0) is 16.6. The summed E-state index contributed by atoms with van der Waals surface area (Å²) in [7, 11) is 2.15. The lowest BCUT2D eigenvalue weighted by Crippen LogP contribution is -2.45. The van der Waals surface area contributed by atoms with E-state index in [1.165, 1.54) is 11.3 Å². The molecule has 2 nitrogen and oxygen atoms in total. The van der Waals surface area contributed by atoms with Crippen LogP contribution in [0.25, 0.3) is 0 Å². The maximum Gasteiger partial charge on any atom is 0.0629 e. The van der Waals surface area contributed by atoms with Gasteiger partial charge in [0.05, 0.1) is 10.7 Å². The van der Waals surface area contributed by atoms with Crippen molar-refractivity contribution in [2.24, 2.45) is 4.99 Å². The maximum atomic E-state index is 6.52. The molecular formula is C20H23ClN2. The monoisotopic (exact) mass is 326 g/mol. The second-order valence-corrected chi connectivity index (χ2v) is 7.41. The van der Waals surface area contributed by atoms with Crippen molar-refractivity contribution in [1.82, 2.24) is 0 Å². The van der Waals surface area contributed by atoms with Gasteiger partial charge in [0.2, 0.25) is 0 Å². The Morgan fingerprint density at radius 2 is 1.91 bits per heavy atom. The molecule has 0 aliphatic carbocycles. The van der Waals surface area contributed by atoms with E-state index in [2.05, 4.69) is 49.8 Å². The van der Waals surface area contributed by atoms with Gasteiger partial charge in [-0.1, -0.05) is 36.7 Å². The minimum absolute atomic E-state index is 0.148. The Kier molecular flexibility index (Phi) is 4.20. The minimum Gasteiger partial charge on any atom is -0.369 e. The Labute approximate surface area is 143 Å². The van der Waals surface area contributed by atoms with Gasteiger partial charge in [-0.15, -0.1) is 0 Å². The number of rotatable bonds is 2. The largest absolute Gasteiger partial charge is 0.369 e. The van der Waals surface area contributed by atoms with E-state index in [1.807, 2.05) is 36.5 Å². The second kappa shape index (κ2) is 6.01. The summed E-state index contributed by atoms with van der Waals surface area (Å²) in [6.45, 7) is 6.86. The number of para-hydroxylation sites is 1. The molecule has 0 spiro atoms. The Bertz CT molecular complexity index is 735. The molecule has 0 radical (unpaired) electrons. The highest BCUT2D eigenvalue weighted by atomic mass is 35.5. The van der Waals surface area contributed by atoms with E-state index in [-0.39, 0.29) is 5.54 Å². The van der Waals surface area contributed by atoms with Crippen LogP contribution in [0.1, 0.15) is 44.2 Å². The van der Waals surface area contributed by atoms with E-state index >= 15 is 0 Å². The molecule has 120 valence electrons. The first-order valence-corrected chi connectivity index (χ1v) is 8.43. The van der Waals surface area contributed by atoms with Gasteiger partial charge in [-0.2, -0.15) is 0 Å². The summed E-state index contributed by atoms with van der Waals surface area (Å²) in [4.78, 5) is 6.88. The molecule has 1 atom stereocenters. The molecule has 0 bridgehead atoms. The van der Waals surface area contributed by atoms with Crippen molar-refractivity contribution in [3.05, 3.63) is 58.6 Å². The molecule has 0 fully saturated rings. The fourth-order valence-electron chi connectivity index (χ4n) is 3.36. The summed E-state index contributed by atoms with van der Waals surface area (Å²) in [6, 6.07) is 14.2. The van der Waals surface area contributed by atoms with Crippen molar-refractivity contribution in [3.8, 4) is 0 Å². The highest BCUT2D eigenvalue weighted by molar-refractivity contribution is 6.33. The molecule has 1 aliphatic heterocycles. The molecule has 2 aromatic rings. The van der Waals surface area contributed by atoms with Gasteiger partial charge in [-0.25, -0.2) is 0 Å². The molecule has 0 unspecified atom stereocenters. The zero-order valence-corrected chi connectivity index (χ0v) is 14.9. The predicted octanol–water partition coefficient (Wildman–Crippen LogP) is 5.81. The molecule has 0 saturated heterocycles. The molecular weight excluding hydrogens is 304 g/mol. The number of aliphatic imine (C=N–C) groups is 1. The maximum absolute atomic E-state index is 6.52. The van der Waals surface area contributed by atoms with Crippen LogP contribution in [0.15, 0.2) is 47.5 Å². The third kappa shape index (κ3) is 3.13. The van der Waals surface area contributed by atoms with Gasteiger partial charge in [0.15, 0.2) is 0 Å². The Balaban J connectivity index is 1.99. The topological polar surface area (TPSA) is 15.6 Å². The number of benzene rings is 2. The van der Waals surface area contributed by atoms with Crippen molar-refractivity contribution in [2.45, 2.75) is 38.6 Å². The van der Waals surface area contributed by atoms with Crippen molar-refractivity contribution in [3.63, 3.8) is 0 Å². The molecule has 23 heavy (non-hydrogen) atoms. The summed E-state index contributed by atoms with van der Waals surface area (Å²) in [5.74, 6) is 0.511. The van der Waals surface area contributed by atoms with Crippen molar-refractivity contribution < 1.29 is 0 Å². The second-order valence-electron chi connectivity index (χ2n) is 7.00. The average Bonchev–Trinajstić information content (AvgIpc) is 2.52. The first-order chi connectivity index (χ1) is 10.9. The zero-order valence-electron chi connectivity index (χ0n) is 14.2. The highest BCUT2D eigenvalue weighted by Crippen LogP contribution is 2.44. The number of nitrogens with zero attached hydrogens (tertiary/aromatic N) is 2. The third-order valence-corrected chi connectivity index (χ3v) is 5.19. The predicted molar refractivity (Wildman–Crippen MR) is 101 cm³/mol. The molecule has 0 amide bonds. The van der Waals surface area contributed by atoms with Crippen LogP contribution >= 0.6 is 11.6 Å². The Hall–Kier alpha value is -1.80. The summed E-state index contributed by atoms with van der Waals surface area (Å²) < 4.78 is 0. The molecule has 3 heteroatoms. The summed E-state index contributed by atoms with van der Waals surface area (Å²) in [5.41, 5.74) is 4.65. The quantitative estimate of drug-likeness (QED) is 0.635. The van der Waals surface area contributed by atoms with Crippen LogP contribution in [-0.4, -0.2) is 18.8 Å². The molecule has 1 aliphatic rings. The Morgan fingerprint density at radius 3 is 2.61 bits per heavy atom. The van der Waals surface area contributed by atoms with Crippen LogP contribution in [0.4, 0.5) is 11.4 Å². The van der Waals surface area contributed by atoms with E-state index in [1.54, 1.807) is 0 Å². The SMILES string of the molecule is C[C@@H]1CC(C)(C)N(C)c2cc(Cl)c(C=Nc3ccccc3)cc21. The normalized spacial score (nSPS) is 19.9. The van der Waals surface area contributed by atoms with Gasteiger partial charge in [0.25, 0.3) is 0 Å². The smallest absolute Gasteiger partial charge is 0.0629 e. The van der Waals surface area contributed by atoms with Crippen LogP contribution in [0.2, 0.25) is 5.02 Å². The van der Waals surface area contributed by atoms with Crippen LogP contribution in [0.5, 0.6) is 0 Å². The third-order valence-electron chi connectivity index (χ3n) is 4.86. The minimum atomic E-state index is 0.148. The average molecular weight is 327 g/mol. The van der Waals surface area contributed by atoms with E-state index < -0.39 is 0 Å². The number of hydrogen-bond donors (Lipinski definition) is 0. The fraction of sp³-hybridized carbons (Fsp3) is 0.350. The van der Waals surface area contributed by atoms with Crippen molar-refractivity contribution in [2.75, 3.05) is 11.9 Å². The van der Waals surface area contributed by atoms with Crippen LogP contribution < -0.4 is 4.90 Å². The number of halogens is 1. The fourth-order valence-corrected chi connectivity index (χ4v) is 3.57. The lowest BCUT2D eigenvalue weighted by Gasteiger charge is -2.45. The molecule has 0 saturated carbocycles. The summed E-state index contributed by atoms with van der Waals surface area (Å²) >= 11 is 6.52. The highest BCUT2D eigenvalue weighted by Gasteiger charge is 2.34. The van der Waals surface area contributed by atoms with Crippen LogP contribution in [-0.2, 0) is 0 Å². The number of anilines is 1. The van der Waals surface area contributed by atoms with Gasteiger partial charge in [-0.3, -0.25) is 4.99 Å². The summed E-state index contributed by atoms with van der Waals surface area (Å²) in [5, 5.41) is 0.750. The van der Waals surface area contributed by atoms with E-state index in [9.17, 15) is 0 Å². The number of hydrogen-bond acceptors (Lipinski definition) is 2. The lowest BCUT2D eigenvalue weighted by atomic mass is 9.80. The van der Waals surface area contributed by atoms with E-state index in [4.69, 9.17) is 11.6 Å².